The number of nitrogens with one attached hydrogen (secondary N) is 1. The second kappa shape index (κ2) is 5.34. The van der Waals surface area contributed by atoms with Gasteiger partial charge >= 0.3 is 6.18 Å². The highest BCUT2D eigenvalue weighted by Crippen LogP contribution is 2.27. The van der Waals surface area contributed by atoms with Crippen molar-refractivity contribution in [2.24, 2.45) is 0 Å². The summed E-state index contributed by atoms with van der Waals surface area (Å²) in [4.78, 5) is 0. The van der Waals surface area contributed by atoms with Crippen molar-refractivity contribution in [3.8, 4) is 0 Å². The molecule has 6 heteroatoms. The van der Waals surface area contributed by atoms with Crippen LogP contribution in [0.25, 0.3) is 0 Å². The van der Waals surface area contributed by atoms with Gasteiger partial charge in [0.2, 0.25) is 0 Å². The van der Waals surface area contributed by atoms with Crippen LogP contribution in [0.4, 0.5) is 13.2 Å². The molecule has 16 heavy (non-hydrogen) atoms. The molecule has 0 fully saturated rings. The molecule has 0 aromatic carbocycles. The van der Waals surface area contributed by atoms with Gasteiger partial charge in [0.1, 0.15) is 0 Å². The molecule has 0 aliphatic heterocycles. The summed E-state index contributed by atoms with van der Waals surface area (Å²) in [6.45, 7) is 2.57. The third-order valence-electron chi connectivity index (χ3n) is 2.47. The molecule has 0 saturated carbocycles. The second-order valence-corrected chi connectivity index (χ2v) is 3.57. The zero-order valence-electron chi connectivity index (χ0n) is 9.38. The van der Waals surface area contributed by atoms with Gasteiger partial charge in [-0.25, -0.2) is 0 Å². The second-order valence-electron chi connectivity index (χ2n) is 3.57. The standard InChI is InChI=1S/C10H16F3N3/c1-3-16-9(5-7-15-16)8(14-2)4-6-10(11,12)13/h5,7-8,14H,3-4,6H2,1-2H3. The first-order chi connectivity index (χ1) is 7.48. The SMILES string of the molecule is CCn1nccc1C(CCC(F)(F)F)NC. The molecule has 3 nitrogen and oxygen atoms in total. The molecular formula is C10H16F3N3. The van der Waals surface area contributed by atoms with Crippen molar-refractivity contribution in [2.75, 3.05) is 7.05 Å². The molecule has 0 amide bonds. The molecule has 0 aliphatic carbocycles. The zero-order valence-corrected chi connectivity index (χ0v) is 9.38. The maximum Gasteiger partial charge on any atom is 0.389 e. The van der Waals surface area contributed by atoms with Gasteiger partial charge in [-0.2, -0.15) is 18.3 Å². The Balaban J connectivity index is 2.67. The molecule has 1 aromatic heterocycles. The molecule has 1 N–H and O–H groups in total. The van der Waals surface area contributed by atoms with Crippen LogP contribution >= 0.6 is 0 Å². The zero-order chi connectivity index (χ0) is 12.2. The monoisotopic (exact) mass is 235 g/mol. The van der Waals surface area contributed by atoms with Crippen molar-refractivity contribution in [2.45, 2.75) is 38.5 Å². The molecule has 1 heterocycles. The summed E-state index contributed by atoms with van der Waals surface area (Å²) < 4.78 is 38.1. The quantitative estimate of drug-likeness (QED) is 0.849. The normalized spacial score (nSPS) is 14.1. The van der Waals surface area contributed by atoms with E-state index in [-0.39, 0.29) is 12.5 Å². The van der Waals surface area contributed by atoms with Gasteiger partial charge in [-0.05, 0) is 26.5 Å². The van der Waals surface area contributed by atoms with E-state index in [0.29, 0.717) is 6.54 Å². The van der Waals surface area contributed by atoms with Crippen molar-refractivity contribution in [1.82, 2.24) is 15.1 Å². The Hall–Kier alpha value is -1.04. The fourth-order valence-electron chi connectivity index (χ4n) is 1.65. The summed E-state index contributed by atoms with van der Waals surface area (Å²) in [6.07, 6.45) is -3.25. The van der Waals surface area contributed by atoms with Crippen LogP contribution in [0.2, 0.25) is 0 Å². The van der Waals surface area contributed by atoms with Crippen molar-refractivity contribution in [3.63, 3.8) is 0 Å². The van der Waals surface area contributed by atoms with E-state index in [1.54, 1.807) is 24.0 Å². The summed E-state index contributed by atoms with van der Waals surface area (Å²) >= 11 is 0. The minimum Gasteiger partial charge on any atom is -0.312 e. The number of nitrogens with zero attached hydrogens (tertiary/aromatic N) is 2. The highest BCUT2D eigenvalue weighted by molar-refractivity contribution is 5.06. The summed E-state index contributed by atoms with van der Waals surface area (Å²) in [5.74, 6) is 0. The van der Waals surface area contributed by atoms with E-state index >= 15 is 0 Å². The Morgan fingerprint density at radius 2 is 2.19 bits per heavy atom. The minimum atomic E-state index is -4.10. The van der Waals surface area contributed by atoms with Crippen molar-refractivity contribution >= 4 is 0 Å². The number of hydrogen-bond acceptors (Lipinski definition) is 2. The Kier molecular flexibility index (Phi) is 4.35. The van der Waals surface area contributed by atoms with Crippen LogP contribution in [0.5, 0.6) is 0 Å². The first-order valence-electron chi connectivity index (χ1n) is 5.23. The lowest BCUT2D eigenvalue weighted by Crippen LogP contribution is -2.22. The van der Waals surface area contributed by atoms with Crippen LogP contribution in [0.15, 0.2) is 12.3 Å². The molecule has 0 radical (unpaired) electrons. The number of rotatable bonds is 5. The molecule has 0 saturated heterocycles. The predicted molar refractivity (Wildman–Crippen MR) is 55.0 cm³/mol. The number of halogens is 3. The molecular weight excluding hydrogens is 219 g/mol. The molecule has 1 atom stereocenters. The van der Waals surface area contributed by atoms with Gasteiger partial charge in [0, 0.05) is 25.2 Å². The topological polar surface area (TPSA) is 29.9 Å². The average Bonchev–Trinajstić information content (AvgIpc) is 2.65. The van der Waals surface area contributed by atoms with E-state index in [2.05, 4.69) is 10.4 Å². The Bertz CT molecular complexity index is 319. The van der Waals surface area contributed by atoms with Gasteiger partial charge in [0.05, 0.1) is 5.69 Å². The molecule has 1 aromatic rings. The van der Waals surface area contributed by atoms with Crippen LogP contribution in [-0.4, -0.2) is 23.0 Å². The van der Waals surface area contributed by atoms with Crippen molar-refractivity contribution < 1.29 is 13.2 Å². The lowest BCUT2D eigenvalue weighted by molar-refractivity contribution is -0.136. The molecule has 0 aliphatic rings. The molecule has 92 valence electrons. The smallest absolute Gasteiger partial charge is 0.312 e. The average molecular weight is 235 g/mol. The van der Waals surface area contributed by atoms with Gasteiger partial charge in [-0.1, -0.05) is 0 Å². The molecule has 1 unspecified atom stereocenters. The van der Waals surface area contributed by atoms with Gasteiger partial charge in [0.15, 0.2) is 0 Å². The summed E-state index contributed by atoms with van der Waals surface area (Å²) in [5.41, 5.74) is 0.800. The summed E-state index contributed by atoms with van der Waals surface area (Å²) in [6, 6.07) is 1.45. The van der Waals surface area contributed by atoms with Crippen LogP contribution in [0, 0.1) is 0 Å². The lowest BCUT2D eigenvalue weighted by atomic mass is 10.1. The van der Waals surface area contributed by atoms with Gasteiger partial charge in [-0.15, -0.1) is 0 Å². The van der Waals surface area contributed by atoms with Crippen molar-refractivity contribution in [3.05, 3.63) is 18.0 Å². The number of alkyl halides is 3. The van der Waals surface area contributed by atoms with Crippen LogP contribution in [-0.2, 0) is 6.54 Å². The molecule has 0 spiro atoms. The van der Waals surface area contributed by atoms with Crippen molar-refractivity contribution in [1.29, 1.82) is 0 Å². The summed E-state index contributed by atoms with van der Waals surface area (Å²) in [5, 5.41) is 6.93. The first kappa shape index (κ1) is 13.0. The number of aromatic nitrogens is 2. The Morgan fingerprint density at radius 3 is 2.69 bits per heavy atom. The van der Waals surface area contributed by atoms with Crippen LogP contribution < -0.4 is 5.32 Å². The maximum absolute atomic E-state index is 12.1. The van der Waals surface area contributed by atoms with Crippen LogP contribution in [0.1, 0.15) is 31.5 Å². The van der Waals surface area contributed by atoms with E-state index < -0.39 is 12.6 Å². The van der Waals surface area contributed by atoms with Crippen LogP contribution in [0.3, 0.4) is 0 Å². The largest absolute Gasteiger partial charge is 0.389 e. The third-order valence-corrected chi connectivity index (χ3v) is 2.47. The predicted octanol–water partition coefficient (Wildman–Crippen LogP) is 2.51. The highest BCUT2D eigenvalue weighted by atomic mass is 19.4. The molecule has 0 bridgehead atoms. The van der Waals surface area contributed by atoms with E-state index in [9.17, 15) is 13.2 Å². The number of aryl methyl sites for hydroxylation is 1. The minimum absolute atomic E-state index is 0.0334. The van der Waals surface area contributed by atoms with E-state index in [1.165, 1.54) is 0 Å². The van der Waals surface area contributed by atoms with E-state index in [1.807, 2.05) is 6.92 Å². The maximum atomic E-state index is 12.1. The fourth-order valence-corrected chi connectivity index (χ4v) is 1.65. The van der Waals surface area contributed by atoms with Gasteiger partial charge < -0.3 is 5.32 Å². The Labute approximate surface area is 92.6 Å². The third kappa shape index (κ3) is 3.52. The fraction of sp³-hybridized carbons (Fsp3) is 0.700. The van der Waals surface area contributed by atoms with E-state index in [4.69, 9.17) is 0 Å². The number of hydrogen-bond donors (Lipinski definition) is 1. The Morgan fingerprint density at radius 1 is 1.50 bits per heavy atom. The molecule has 1 rings (SSSR count). The van der Waals surface area contributed by atoms with Gasteiger partial charge in [-0.3, -0.25) is 4.68 Å². The van der Waals surface area contributed by atoms with E-state index in [0.717, 1.165) is 5.69 Å². The first-order valence-corrected chi connectivity index (χ1v) is 5.23. The highest BCUT2D eigenvalue weighted by Gasteiger charge is 2.29. The van der Waals surface area contributed by atoms with Gasteiger partial charge in [0.25, 0.3) is 0 Å². The lowest BCUT2D eigenvalue weighted by Gasteiger charge is -2.18. The summed E-state index contributed by atoms with van der Waals surface area (Å²) in [7, 11) is 1.66.